The Kier molecular flexibility index (Phi) is 5.22. The van der Waals surface area contributed by atoms with Crippen molar-refractivity contribution in [1.82, 2.24) is 0 Å². The molecule has 0 saturated carbocycles. The van der Waals surface area contributed by atoms with Gasteiger partial charge >= 0.3 is 12.1 Å². The molecule has 0 spiro atoms. The number of fused-ring (bicyclic) bond motifs is 3. The molecule has 1 amide bonds. The first-order chi connectivity index (χ1) is 14.8. The van der Waals surface area contributed by atoms with Crippen molar-refractivity contribution in [2.45, 2.75) is 10.8 Å². The van der Waals surface area contributed by atoms with Crippen LogP contribution < -0.4 is 10.5 Å². The monoisotopic (exact) mass is 438 g/mol. The number of amides is 1. The second-order valence-corrected chi connectivity index (χ2v) is 8.54. The van der Waals surface area contributed by atoms with Gasteiger partial charge in [-0.05, 0) is 40.5 Å². The van der Waals surface area contributed by atoms with E-state index < -0.39 is 32.5 Å². The number of nitrogens with one attached hydrogen (secondary N) is 1. The van der Waals surface area contributed by atoms with Gasteiger partial charge in [0.2, 0.25) is 10.0 Å². The van der Waals surface area contributed by atoms with Gasteiger partial charge in [-0.2, -0.15) is 0 Å². The van der Waals surface area contributed by atoms with Crippen LogP contribution in [0.2, 0.25) is 0 Å². The van der Waals surface area contributed by atoms with Crippen LogP contribution in [0.4, 0.5) is 10.5 Å². The number of benzene rings is 3. The molecule has 8 nitrogen and oxygen atoms in total. The van der Waals surface area contributed by atoms with Crippen molar-refractivity contribution in [1.29, 1.82) is 0 Å². The molecule has 0 radical (unpaired) electrons. The number of hydrogen-bond donors (Lipinski definition) is 3. The molecule has 0 saturated heterocycles. The average molecular weight is 438 g/mol. The molecule has 0 bridgehead atoms. The lowest BCUT2D eigenvalue weighted by atomic mass is 9.98. The SMILES string of the molecule is NS(=O)(=O)c1cc(NC(=O)OCC2c3ccccc3-c3ccccc32)ccc1C(=O)O. The number of sulfonamides is 1. The molecular formula is C22H18N2O6S. The molecule has 4 N–H and O–H groups in total. The van der Waals surface area contributed by atoms with Crippen molar-refractivity contribution >= 4 is 27.8 Å². The van der Waals surface area contributed by atoms with E-state index in [9.17, 15) is 18.0 Å². The third-order valence-corrected chi connectivity index (χ3v) is 6.06. The first kappa shape index (κ1) is 20.6. The predicted octanol–water partition coefficient (Wildman–Crippen LogP) is 3.39. The second kappa shape index (κ2) is 7.86. The molecule has 3 aromatic rings. The van der Waals surface area contributed by atoms with Gasteiger partial charge in [0.25, 0.3) is 0 Å². The Bertz CT molecular complexity index is 1260. The summed E-state index contributed by atoms with van der Waals surface area (Å²) in [5, 5.41) is 16.6. The standard InChI is InChI=1S/C22H18N2O6S/c23-31(28,29)20-11-13(9-10-18(20)21(25)26)24-22(27)30-12-19-16-7-3-1-5-14(16)15-6-2-4-8-17(15)19/h1-11,19H,12H2,(H,24,27)(H,25,26)(H2,23,28,29). The maximum Gasteiger partial charge on any atom is 0.411 e. The fourth-order valence-electron chi connectivity index (χ4n) is 3.76. The fraction of sp³-hybridized carbons (Fsp3) is 0.0909. The van der Waals surface area contributed by atoms with E-state index >= 15 is 0 Å². The average Bonchev–Trinajstić information content (AvgIpc) is 3.05. The lowest BCUT2D eigenvalue weighted by molar-refractivity contribution is 0.0692. The Hall–Kier alpha value is -3.69. The predicted molar refractivity (Wildman–Crippen MR) is 113 cm³/mol. The third-order valence-electron chi connectivity index (χ3n) is 5.11. The maximum absolute atomic E-state index is 12.3. The molecular weight excluding hydrogens is 420 g/mol. The molecule has 9 heteroatoms. The largest absolute Gasteiger partial charge is 0.478 e. The van der Waals surface area contributed by atoms with E-state index in [-0.39, 0.29) is 18.2 Å². The first-order valence-electron chi connectivity index (χ1n) is 9.28. The normalized spacial score (nSPS) is 12.7. The van der Waals surface area contributed by atoms with Gasteiger partial charge in [0.05, 0.1) is 10.5 Å². The van der Waals surface area contributed by atoms with Gasteiger partial charge in [-0.1, -0.05) is 48.5 Å². The van der Waals surface area contributed by atoms with Gasteiger partial charge in [-0.3, -0.25) is 5.32 Å². The molecule has 4 rings (SSSR count). The van der Waals surface area contributed by atoms with Crippen LogP contribution in [-0.2, 0) is 14.8 Å². The van der Waals surface area contributed by atoms with Crippen molar-refractivity contribution in [3.63, 3.8) is 0 Å². The van der Waals surface area contributed by atoms with Crippen LogP contribution in [0.1, 0.15) is 27.4 Å². The summed E-state index contributed by atoms with van der Waals surface area (Å²) < 4.78 is 28.8. The van der Waals surface area contributed by atoms with Crippen LogP contribution in [0.25, 0.3) is 11.1 Å². The number of nitrogens with two attached hydrogens (primary N) is 1. The minimum absolute atomic E-state index is 0.0475. The highest BCUT2D eigenvalue weighted by molar-refractivity contribution is 7.89. The van der Waals surface area contributed by atoms with Crippen LogP contribution in [0, 0.1) is 0 Å². The number of rotatable bonds is 5. The number of carboxylic acids is 1. The van der Waals surface area contributed by atoms with Gasteiger partial charge in [0, 0.05) is 11.6 Å². The molecule has 0 aliphatic heterocycles. The molecule has 1 aliphatic rings. The van der Waals surface area contributed by atoms with Crippen LogP contribution in [-0.4, -0.2) is 32.2 Å². The quantitative estimate of drug-likeness (QED) is 0.559. The van der Waals surface area contributed by atoms with Gasteiger partial charge in [-0.25, -0.2) is 23.1 Å². The van der Waals surface area contributed by atoms with E-state index in [0.717, 1.165) is 34.4 Å². The van der Waals surface area contributed by atoms with Gasteiger partial charge in [0.15, 0.2) is 0 Å². The zero-order valence-electron chi connectivity index (χ0n) is 16.1. The van der Waals surface area contributed by atoms with Gasteiger partial charge in [-0.15, -0.1) is 0 Å². The third kappa shape index (κ3) is 4.00. The number of hydrogen-bond acceptors (Lipinski definition) is 5. The number of aromatic carboxylic acids is 1. The molecule has 0 heterocycles. The Morgan fingerprint density at radius 1 is 0.968 bits per heavy atom. The van der Waals surface area contributed by atoms with E-state index in [1.165, 1.54) is 6.07 Å². The summed E-state index contributed by atoms with van der Waals surface area (Å²) in [4.78, 5) is 23.0. The maximum atomic E-state index is 12.3. The van der Waals surface area contributed by atoms with Crippen molar-refractivity contribution in [2.75, 3.05) is 11.9 Å². The number of anilines is 1. The topological polar surface area (TPSA) is 136 Å². The van der Waals surface area contributed by atoms with Crippen molar-refractivity contribution in [3.8, 4) is 11.1 Å². The lowest BCUT2D eigenvalue weighted by Gasteiger charge is -2.15. The first-order valence-corrected chi connectivity index (χ1v) is 10.8. The van der Waals surface area contributed by atoms with Crippen LogP contribution in [0.5, 0.6) is 0 Å². The van der Waals surface area contributed by atoms with Crippen LogP contribution in [0.15, 0.2) is 71.6 Å². The highest BCUT2D eigenvalue weighted by Crippen LogP contribution is 2.44. The lowest BCUT2D eigenvalue weighted by Crippen LogP contribution is -2.20. The second-order valence-electron chi connectivity index (χ2n) is 7.01. The fourth-order valence-corrected chi connectivity index (χ4v) is 4.52. The minimum atomic E-state index is -4.30. The van der Waals surface area contributed by atoms with E-state index in [2.05, 4.69) is 5.32 Å². The molecule has 0 unspecified atom stereocenters. The molecule has 0 aromatic heterocycles. The Labute approximate surface area is 178 Å². The van der Waals surface area contributed by atoms with Crippen molar-refractivity contribution in [3.05, 3.63) is 83.4 Å². The number of carbonyl (C=O) groups is 2. The highest BCUT2D eigenvalue weighted by atomic mass is 32.2. The van der Waals surface area contributed by atoms with Gasteiger partial charge in [0.1, 0.15) is 6.61 Å². The van der Waals surface area contributed by atoms with Crippen molar-refractivity contribution < 1.29 is 27.9 Å². The molecule has 0 atom stereocenters. The molecule has 31 heavy (non-hydrogen) atoms. The van der Waals surface area contributed by atoms with E-state index in [1.54, 1.807) is 0 Å². The smallest absolute Gasteiger partial charge is 0.411 e. The Morgan fingerprint density at radius 3 is 2.10 bits per heavy atom. The number of carbonyl (C=O) groups excluding carboxylic acids is 1. The minimum Gasteiger partial charge on any atom is -0.478 e. The molecule has 1 aliphatic carbocycles. The molecule has 158 valence electrons. The summed E-state index contributed by atoms with van der Waals surface area (Å²) in [5.74, 6) is -1.58. The van der Waals surface area contributed by atoms with Crippen molar-refractivity contribution in [2.24, 2.45) is 5.14 Å². The summed E-state index contributed by atoms with van der Waals surface area (Å²) in [6.45, 7) is 0.0785. The summed E-state index contributed by atoms with van der Waals surface area (Å²) in [7, 11) is -4.30. The van der Waals surface area contributed by atoms with E-state index in [4.69, 9.17) is 15.0 Å². The summed E-state index contributed by atoms with van der Waals surface area (Å²) in [5.41, 5.74) is 3.85. The Balaban J connectivity index is 1.51. The zero-order chi connectivity index (χ0) is 22.2. The van der Waals surface area contributed by atoms with Crippen LogP contribution in [0.3, 0.4) is 0 Å². The van der Waals surface area contributed by atoms with Crippen LogP contribution >= 0.6 is 0 Å². The Morgan fingerprint density at radius 2 is 1.55 bits per heavy atom. The number of carboxylic acid groups (broad SMARTS) is 1. The van der Waals surface area contributed by atoms with E-state index in [0.29, 0.717) is 0 Å². The summed E-state index contributed by atoms with van der Waals surface area (Å²) >= 11 is 0. The molecule has 3 aromatic carbocycles. The number of primary sulfonamides is 1. The molecule has 0 fully saturated rings. The number of ether oxygens (including phenoxy) is 1. The summed E-state index contributed by atoms with van der Waals surface area (Å²) in [6.07, 6.45) is -0.801. The zero-order valence-corrected chi connectivity index (χ0v) is 16.9. The highest BCUT2D eigenvalue weighted by Gasteiger charge is 2.29. The van der Waals surface area contributed by atoms with E-state index in [1.807, 2.05) is 48.5 Å². The summed E-state index contributed by atoms with van der Waals surface area (Å²) in [6, 6.07) is 19.1. The van der Waals surface area contributed by atoms with Gasteiger partial charge < -0.3 is 9.84 Å².